The highest BCUT2D eigenvalue weighted by Gasteiger charge is 2.21. The zero-order valence-corrected chi connectivity index (χ0v) is 13.6. The number of hydrogen-bond donors (Lipinski definition) is 1. The first-order chi connectivity index (χ1) is 12.0. The highest BCUT2D eigenvalue weighted by atomic mass is 19.2. The second-order valence-electron chi connectivity index (χ2n) is 6.00. The second kappa shape index (κ2) is 7.42. The number of halogens is 2. The van der Waals surface area contributed by atoms with E-state index in [1.165, 1.54) is 6.07 Å². The minimum absolute atomic E-state index is 0.0612. The third kappa shape index (κ3) is 4.02. The van der Waals surface area contributed by atoms with Gasteiger partial charge >= 0.3 is 0 Å². The molecule has 130 valence electrons. The standard InChI is InChI=1S/C19H18F2N2O2/c20-16-8-7-13(10-17(16)21)19(25)22-11-14-4-1-2-5-15(14)12-23-9-3-6-18(23)24/h1-2,4-5,7-8,10H,3,6,9,11-12H2,(H,22,25). The van der Waals surface area contributed by atoms with Crippen LogP contribution in [0.5, 0.6) is 0 Å². The van der Waals surface area contributed by atoms with Gasteiger partial charge in [0.25, 0.3) is 5.91 Å². The molecule has 0 aromatic heterocycles. The fourth-order valence-corrected chi connectivity index (χ4v) is 2.88. The maximum absolute atomic E-state index is 13.2. The number of amides is 2. The molecular formula is C19H18F2N2O2. The second-order valence-corrected chi connectivity index (χ2v) is 6.00. The Morgan fingerprint density at radius 2 is 1.84 bits per heavy atom. The first kappa shape index (κ1) is 17.1. The summed E-state index contributed by atoms with van der Waals surface area (Å²) in [5, 5.41) is 2.71. The molecular weight excluding hydrogens is 326 g/mol. The van der Waals surface area contributed by atoms with Crippen molar-refractivity contribution in [3.8, 4) is 0 Å². The van der Waals surface area contributed by atoms with Crippen LogP contribution in [0.3, 0.4) is 0 Å². The summed E-state index contributed by atoms with van der Waals surface area (Å²) in [5.74, 6) is -2.38. The van der Waals surface area contributed by atoms with Crippen molar-refractivity contribution in [3.05, 3.63) is 70.8 Å². The van der Waals surface area contributed by atoms with Gasteiger partial charge in [-0.15, -0.1) is 0 Å². The minimum Gasteiger partial charge on any atom is -0.348 e. The number of nitrogens with zero attached hydrogens (tertiary/aromatic N) is 1. The molecule has 0 bridgehead atoms. The van der Waals surface area contributed by atoms with Gasteiger partial charge in [-0.1, -0.05) is 24.3 Å². The zero-order chi connectivity index (χ0) is 17.8. The van der Waals surface area contributed by atoms with Crippen LogP contribution in [0.4, 0.5) is 8.78 Å². The number of nitrogens with one attached hydrogen (secondary N) is 1. The fourth-order valence-electron chi connectivity index (χ4n) is 2.88. The van der Waals surface area contributed by atoms with Crippen LogP contribution in [-0.4, -0.2) is 23.3 Å². The number of carbonyl (C=O) groups is 2. The highest BCUT2D eigenvalue weighted by Crippen LogP contribution is 2.17. The average Bonchev–Trinajstić information content (AvgIpc) is 3.01. The van der Waals surface area contributed by atoms with Gasteiger partial charge < -0.3 is 10.2 Å². The van der Waals surface area contributed by atoms with Crippen molar-refractivity contribution in [1.29, 1.82) is 0 Å². The Bertz CT molecular complexity index is 808. The molecule has 1 aliphatic rings. The lowest BCUT2D eigenvalue weighted by Gasteiger charge is -2.18. The van der Waals surface area contributed by atoms with Crippen molar-refractivity contribution in [1.82, 2.24) is 10.2 Å². The van der Waals surface area contributed by atoms with Crippen molar-refractivity contribution in [2.24, 2.45) is 0 Å². The van der Waals surface area contributed by atoms with Gasteiger partial charge in [-0.3, -0.25) is 9.59 Å². The van der Waals surface area contributed by atoms with E-state index in [1.807, 2.05) is 24.3 Å². The summed E-state index contributed by atoms with van der Waals surface area (Å²) in [5.41, 5.74) is 1.91. The molecule has 0 unspecified atom stereocenters. The Balaban J connectivity index is 1.67. The lowest BCUT2D eigenvalue weighted by atomic mass is 10.1. The van der Waals surface area contributed by atoms with E-state index < -0.39 is 17.5 Å². The molecule has 1 N–H and O–H groups in total. The molecule has 2 aromatic carbocycles. The Hall–Kier alpha value is -2.76. The van der Waals surface area contributed by atoms with Gasteiger partial charge in [0, 0.05) is 31.6 Å². The molecule has 6 heteroatoms. The van der Waals surface area contributed by atoms with Gasteiger partial charge in [0.2, 0.25) is 5.91 Å². The topological polar surface area (TPSA) is 49.4 Å². The van der Waals surface area contributed by atoms with E-state index in [-0.39, 0.29) is 18.0 Å². The molecule has 1 saturated heterocycles. The van der Waals surface area contributed by atoms with Crippen LogP contribution >= 0.6 is 0 Å². The van der Waals surface area contributed by atoms with Crippen molar-refractivity contribution >= 4 is 11.8 Å². The molecule has 0 radical (unpaired) electrons. The van der Waals surface area contributed by atoms with Gasteiger partial charge in [-0.25, -0.2) is 8.78 Å². The summed E-state index contributed by atoms with van der Waals surface area (Å²) in [4.78, 5) is 25.7. The van der Waals surface area contributed by atoms with Crippen LogP contribution in [0, 0.1) is 11.6 Å². The van der Waals surface area contributed by atoms with Crippen molar-refractivity contribution in [2.75, 3.05) is 6.54 Å². The molecule has 4 nitrogen and oxygen atoms in total. The van der Waals surface area contributed by atoms with E-state index in [4.69, 9.17) is 0 Å². The maximum atomic E-state index is 13.2. The number of benzene rings is 2. The Labute approximate surface area is 144 Å². The normalized spacial score (nSPS) is 14.0. The summed E-state index contributed by atoms with van der Waals surface area (Å²) in [6, 6.07) is 10.6. The summed E-state index contributed by atoms with van der Waals surface area (Å²) >= 11 is 0. The van der Waals surface area contributed by atoms with Crippen molar-refractivity contribution in [2.45, 2.75) is 25.9 Å². The predicted octanol–water partition coefficient (Wildman–Crippen LogP) is 3.02. The molecule has 1 fully saturated rings. The highest BCUT2D eigenvalue weighted by molar-refractivity contribution is 5.94. The third-order valence-electron chi connectivity index (χ3n) is 4.27. The van der Waals surface area contributed by atoms with Gasteiger partial charge in [0.15, 0.2) is 11.6 Å². The van der Waals surface area contributed by atoms with Crippen LogP contribution in [0.2, 0.25) is 0 Å². The van der Waals surface area contributed by atoms with Gasteiger partial charge in [-0.05, 0) is 35.7 Å². The Kier molecular flexibility index (Phi) is 5.07. The van der Waals surface area contributed by atoms with E-state index in [0.717, 1.165) is 36.2 Å². The summed E-state index contributed by atoms with van der Waals surface area (Å²) in [6.45, 7) is 1.50. The molecule has 2 aromatic rings. The monoisotopic (exact) mass is 344 g/mol. The third-order valence-corrected chi connectivity index (χ3v) is 4.27. The van der Waals surface area contributed by atoms with Crippen molar-refractivity contribution in [3.63, 3.8) is 0 Å². The molecule has 2 amide bonds. The maximum Gasteiger partial charge on any atom is 0.251 e. The first-order valence-electron chi connectivity index (χ1n) is 8.12. The number of rotatable bonds is 5. The van der Waals surface area contributed by atoms with Crippen LogP contribution < -0.4 is 5.32 Å². The molecule has 0 aliphatic carbocycles. The SMILES string of the molecule is O=C(NCc1ccccc1CN1CCCC1=O)c1ccc(F)c(F)c1. The molecule has 3 rings (SSSR count). The van der Waals surface area contributed by atoms with Crippen LogP contribution in [0.25, 0.3) is 0 Å². The summed E-state index contributed by atoms with van der Waals surface area (Å²) in [7, 11) is 0. The van der Waals surface area contributed by atoms with Gasteiger partial charge in [-0.2, -0.15) is 0 Å². The first-order valence-corrected chi connectivity index (χ1v) is 8.12. The van der Waals surface area contributed by atoms with E-state index in [9.17, 15) is 18.4 Å². The van der Waals surface area contributed by atoms with E-state index >= 15 is 0 Å². The Morgan fingerprint density at radius 3 is 2.52 bits per heavy atom. The Morgan fingerprint density at radius 1 is 1.08 bits per heavy atom. The smallest absolute Gasteiger partial charge is 0.251 e. The molecule has 0 spiro atoms. The van der Waals surface area contributed by atoms with Crippen LogP contribution in [0.15, 0.2) is 42.5 Å². The minimum atomic E-state index is -1.06. The molecule has 1 aliphatic heterocycles. The summed E-state index contributed by atoms with van der Waals surface area (Å²) in [6.07, 6.45) is 1.45. The summed E-state index contributed by atoms with van der Waals surface area (Å²) < 4.78 is 26.2. The fraction of sp³-hybridized carbons (Fsp3) is 0.263. The zero-order valence-electron chi connectivity index (χ0n) is 13.6. The predicted molar refractivity (Wildman–Crippen MR) is 88.6 cm³/mol. The van der Waals surface area contributed by atoms with E-state index in [1.54, 1.807) is 4.90 Å². The number of carbonyl (C=O) groups excluding carboxylic acids is 2. The molecule has 1 heterocycles. The lowest BCUT2D eigenvalue weighted by molar-refractivity contribution is -0.128. The molecule has 25 heavy (non-hydrogen) atoms. The van der Waals surface area contributed by atoms with Crippen LogP contribution in [-0.2, 0) is 17.9 Å². The lowest BCUT2D eigenvalue weighted by Crippen LogP contribution is -2.27. The van der Waals surface area contributed by atoms with Crippen molar-refractivity contribution < 1.29 is 18.4 Å². The van der Waals surface area contributed by atoms with E-state index in [2.05, 4.69) is 5.32 Å². The number of likely N-dealkylation sites (tertiary alicyclic amines) is 1. The molecule has 0 atom stereocenters. The number of hydrogen-bond acceptors (Lipinski definition) is 2. The van der Waals surface area contributed by atoms with Gasteiger partial charge in [0.1, 0.15) is 0 Å². The molecule has 0 saturated carbocycles. The average molecular weight is 344 g/mol. The largest absolute Gasteiger partial charge is 0.348 e. The van der Waals surface area contributed by atoms with Gasteiger partial charge in [0.05, 0.1) is 0 Å². The van der Waals surface area contributed by atoms with E-state index in [0.29, 0.717) is 13.0 Å². The quantitative estimate of drug-likeness (QED) is 0.906. The van der Waals surface area contributed by atoms with Crippen LogP contribution in [0.1, 0.15) is 34.3 Å².